The largest absolute Gasteiger partial charge is 0.481 e. The van der Waals surface area contributed by atoms with Crippen LogP contribution in [0.4, 0.5) is 5.69 Å². The van der Waals surface area contributed by atoms with Crippen LogP contribution in [-0.4, -0.2) is 47.7 Å². The molecule has 9 nitrogen and oxygen atoms in total. The van der Waals surface area contributed by atoms with Gasteiger partial charge in [-0.1, -0.05) is 12.8 Å². The van der Waals surface area contributed by atoms with Crippen molar-refractivity contribution in [3.8, 4) is 0 Å². The summed E-state index contributed by atoms with van der Waals surface area (Å²) in [5, 5.41) is 16.5. The van der Waals surface area contributed by atoms with Crippen molar-refractivity contribution >= 4 is 35.7 Å². The van der Waals surface area contributed by atoms with Crippen LogP contribution in [0.1, 0.15) is 65.7 Å². The van der Waals surface area contributed by atoms with E-state index in [1.54, 1.807) is 12.1 Å². The maximum absolute atomic E-state index is 12.4. The van der Waals surface area contributed by atoms with E-state index >= 15 is 0 Å². The molecule has 0 radical (unpaired) electrons. The first-order valence-electron chi connectivity index (χ1n) is 9.60. The van der Waals surface area contributed by atoms with Crippen LogP contribution in [0.2, 0.25) is 0 Å². The van der Waals surface area contributed by atoms with Gasteiger partial charge in [0.1, 0.15) is 6.04 Å². The van der Waals surface area contributed by atoms with Gasteiger partial charge in [-0.05, 0) is 37.5 Å². The number of carboxylic acids is 1. The van der Waals surface area contributed by atoms with Crippen LogP contribution in [0, 0.1) is 0 Å². The number of carboxylic acid groups (broad SMARTS) is 1. The fraction of sp³-hybridized carbons (Fsp3) is 0.450. The number of amides is 3. The molecule has 1 unspecified atom stereocenters. The lowest BCUT2D eigenvalue weighted by Crippen LogP contribution is -2.52. The zero-order valence-corrected chi connectivity index (χ0v) is 16.0. The number of hydrogen-bond acceptors (Lipinski definition) is 6. The van der Waals surface area contributed by atoms with Gasteiger partial charge in [0.05, 0.1) is 0 Å². The zero-order valence-electron chi connectivity index (χ0n) is 16.0. The molecule has 0 saturated carbocycles. The van der Waals surface area contributed by atoms with E-state index in [1.165, 1.54) is 6.07 Å². The Morgan fingerprint density at radius 3 is 2.62 bits per heavy atom. The maximum atomic E-state index is 12.4. The van der Waals surface area contributed by atoms with Crippen LogP contribution in [0.25, 0.3) is 0 Å². The Kier molecular flexibility index (Phi) is 8.32. The summed E-state index contributed by atoms with van der Waals surface area (Å²) < 4.78 is 0. The average molecular weight is 403 g/mol. The van der Waals surface area contributed by atoms with Crippen LogP contribution in [0.3, 0.4) is 0 Å². The fourth-order valence-corrected chi connectivity index (χ4v) is 3.03. The van der Waals surface area contributed by atoms with E-state index in [9.17, 15) is 24.0 Å². The van der Waals surface area contributed by atoms with Gasteiger partial charge >= 0.3 is 5.97 Å². The molecule has 1 fully saturated rings. The smallest absolute Gasteiger partial charge is 0.303 e. The van der Waals surface area contributed by atoms with Crippen LogP contribution >= 0.6 is 0 Å². The molecule has 9 heteroatoms. The predicted octanol–water partition coefficient (Wildman–Crippen LogP) is 1.48. The molecule has 0 bridgehead atoms. The van der Waals surface area contributed by atoms with E-state index in [0.717, 1.165) is 19.3 Å². The monoisotopic (exact) mass is 403 g/mol. The first kappa shape index (κ1) is 22.1. The SMILES string of the molecule is O=Cc1cc(NCCCCCCC(=O)O)ccc1C(=O)NC1CCC(=O)NC1=O. The van der Waals surface area contributed by atoms with Crippen molar-refractivity contribution < 1.29 is 29.1 Å². The fourth-order valence-electron chi connectivity index (χ4n) is 3.03. The number of benzene rings is 1. The Morgan fingerprint density at radius 1 is 1.17 bits per heavy atom. The minimum Gasteiger partial charge on any atom is -0.481 e. The van der Waals surface area contributed by atoms with Crippen molar-refractivity contribution in [2.24, 2.45) is 0 Å². The highest BCUT2D eigenvalue weighted by Crippen LogP contribution is 2.16. The topological polar surface area (TPSA) is 142 Å². The summed E-state index contributed by atoms with van der Waals surface area (Å²) in [4.78, 5) is 57.2. The van der Waals surface area contributed by atoms with Crippen molar-refractivity contribution in [2.75, 3.05) is 11.9 Å². The van der Waals surface area contributed by atoms with Crippen LogP contribution < -0.4 is 16.0 Å². The highest BCUT2D eigenvalue weighted by Gasteiger charge is 2.28. The van der Waals surface area contributed by atoms with Gasteiger partial charge in [-0.25, -0.2) is 0 Å². The number of unbranched alkanes of at least 4 members (excludes halogenated alkanes) is 3. The molecule has 1 aromatic carbocycles. The highest BCUT2D eigenvalue weighted by atomic mass is 16.4. The first-order chi connectivity index (χ1) is 13.9. The van der Waals surface area contributed by atoms with E-state index in [2.05, 4.69) is 16.0 Å². The summed E-state index contributed by atoms with van der Waals surface area (Å²) in [5.74, 6) is -2.26. The van der Waals surface area contributed by atoms with Crippen molar-refractivity contribution in [1.82, 2.24) is 10.6 Å². The molecule has 1 aromatic rings. The van der Waals surface area contributed by atoms with E-state index in [-0.39, 0.29) is 36.3 Å². The summed E-state index contributed by atoms with van der Waals surface area (Å²) in [5.41, 5.74) is 1.04. The third-order valence-electron chi connectivity index (χ3n) is 4.61. The van der Waals surface area contributed by atoms with Crippen molar-refractivity contribution in [3.63, 3.8) is 0 Å². The number of aldehydes is 1. The number of piperidine rings is 1. The van der Waals surface area contributed by atoms with Crippen LogP contribution in [0.5, 0.6) is 0 Å². The van der Waals surface area contributed by atoms with Crippen molar-refractivity contribution in [2.45, 2.75) is 51.0 Å². The molecule has 1 aliphatic rings. The predicted molar refractivity (Wildman–Crippen MR) is 105 cm³/mol. The molecule has 1 heterocycles. The molecule has 0 aromatic heterocycles. The van der Waals surface area contributed by atoms with Gasteiger partial charge < -0.3 is 15.7 Å². The quantitative estimate of drug-likeness (QED) is 0.249. The van der Waals surface area contributed by atoms with E-state index in [1.807, 2.05) is 0 Å². The summed E-state index contributed by atoms with van der Waals surface area (Å²) in [6.07, 6.45) is 4.37. The molecule has 1 aliphatic heterocycles. The second-order valence-corrected chi connectivity index (χ2v) is 6.88. The standard InChI is InChI=1S/C20H25N3O6/c24-12-13-11-14(21-10-4-2-1-3-5-18(26)27)6-7-15(13)19(28)22-16-8-9-17(25)23-20(16)29/h6-7,11-12,16,21H,1-5,8-10H2,(H,22,28)(H,26,27)(H,23,25,29). The molecule has 4 N–H and O–H groups in total. The number of aliphatic carboxylic acids is 1. The third-order valence-corrected chi connectivity index (χ3v) is 4.61. The molecule has 1 atom stereocenters. The minimum absolute atomic E-state index is 0.149. The number of nitrogens with one attached hydrogen (secondary N) is 3. The van der Waals surface area contributed by atoms with Gasteiger partial charge in [0.2, 0.25) is 11.8 Å². The zero-order chi connectivity index (χ0) is 21.2. The molecule has 3 amide bonds. The lowest BCUT2D eigenvalue weighted by Gasteiger charge is -2.22. The maximum Gasteiger partial charge on any atom is 0.303 e. The van der Waals surface area contributed by atoms with Gasteiger partial charge in [0.25, 0.3) is 5.91 Å². The molecule has 0 spiro atoms. The minimum atomic E-state index is -0.807. The first-order valence-corrected chi connectivity index (χ1v) is 9.60. The lowest BCUT2D eigenvalue weighted by atomic mass is 10.0. The second-order valence-electron chi connectivity index (χ2n) is 6.88. The summed E-state index contributed by atoms with van der Waals surface area (Å²) in [7, 11) is 0. The number of rotatable bonds is 11. The van der Waals surface area contributed by atoms with Gasteiger partial charge in [-0.2, -0.15) is 0 Å². The molecule has 2 rings (SSSR count). The Balaban J connectivity index is 1.85. The summed E-state index contributed by atoms with van der Waals surface area (Å²) in [6.45, 7) is 0.660. The Hall–Kier alpha value is -3.23. The van der Waals surface area contributed by atoms with Crippen molar-refractivity contribution in [3.05, 3.63) is 29.3 Å². The molecule has 29 heavy (non-hydrogen) atoms. The summed E-state index contributed by atoms with van der Waals surface area (Å²) >= 11 is 0. The normalized spacial score (nSPS) is 16.1. The van der Waals surface area contributed by atoms with Gasteiger partial charge in [-0.15, -0.1) is 0 Å². The van der Waals surface area contributed by atoms with E-state index in [4.69, 9.17) is 5.11 Å². The van der Waals surface area contributed by atoms with E-state index in [0.29, 0.717) is 24.9 Å². The lowest BCUT2D eigenvalue weighted by molar-refractivity contribution is -0.137. The van der Waals surface area contributed by atoms with E-state index < -0.39 is 23.8 Å². The van der Waals surface area contributed by atoms with Gasteiger partial charge in [0.15, 0.2) is 6.29 Å². The summed E-state index contributed by atoms with van der Waals surface area (Å²) in [6, 6.07) is 3.95. The molecular formula is C20H25N3O6. The van der Waals surface area contributed by atoms with Crippen LogP contribution in [0.15, 0.2) is 18.2 Å². The van der Waals surface area contributed by atoms with Gasteiger partial charge in [-0.3, -0.25) is 29.3 Å². The number of hydrogen-bond donors (Lipinski definition) is 4. The molecular weight excluding hydrogens is 378 g/mol. The average Bonchev–Trinajstić information content (AvgIpc) is 2.68. The molecule has 156 valence electrons. The Labute approximate surface area is 168 Å². The Morgan fingerprint density at radius 2 is 1.93 bits per heavy atom. The highest BCUT2D eigenvalue weighted by molar-refractivity contribution is 6.06. The number of imide groups is 1. The van der Waals surface area contributed by atoms with Crippen LogP contribution in [-0.2, 0) is 14.4 Å². The number of anilines is 1. The van der Waals surface area contributed by atoms with Gasteiger partial charge in [0, 0.05) is 36.2 Å². The second kappa shape index (κ2) is 10.9. The Bertz CT molecular complexity index is 792. The molecule has 1 saturated heterocycles. The molecule has 0 aliphatic carbocycles. The third kappa shape index (κ3) is 7.02. The number of carbonyl (C=O) groups is 5. The number of carbonyl (C=O) groups excluding carboxylic acids is 4. The van der Waals surface area contributed by atoms with Crippen molar-refractivity contribution in [1.29, 1.82) is 0 Å².